The van der Waals surface area contributed by atoms with Crippen molar-refractivity contribution in [2.45, 2.75) is 101 Å². The van der Waals surface area contributed by atoms with Gasteiger partial charge < -0.3 is 15.0 Å². The van der Waals surface area contributed by atoms with Crippen LogP contribution in [0.4, 0.5) is 5.13 Å². The molecule has 0 unspecified atom stereocenters. The fraction of sp³-hybridized carbons (Fsp3) is 0.667. The molecule has 9 heteroatoms. The number of aromatic amines is 1. The summed E-state index contributed by atoms with van der Waals surface area (Å²) in [6.07, 6.45) is 13.7. The molecule has 0 radical (unpaired) electrons. The van der Waals surface area contributed by atoms with Gasteiger partial charge in [-0.1, -0.05) is 6.92 Å². The molecule has 2 bridgehead atoms. The lowest BCUT2D eigenvalue weighted by Crippen LogP contribution is -2.52. The largest absolute Gasteiger partial charge is 0.461 e. The Morgan fingerprint density at radius 2 is 1.94 bits per heavy atom. The number of nitrogens with zero attached hydrogens (tertiary/aromatic N) is 4. The molecule has 8 nitrogen and oxygen atoms in total. The highest BCUT2D eigenvalue weighted by Gasteiger charge is 2.51. The summed E-state index contributed by atoms with van der Waals surface area (Å²) in [5, 5.41) is 6.76. The van der Waals surface area contributed by atoms with Gasteiger partial charge in [-0.15, -0.1) is 11.3 Å². The molecule has 176 valence electrons. The van der Waals surface area contributed by atoms with Crippen LogP contribution in [0.5, 0.6) is 6.01 Å². The summed E-state index contributed by atoms with van der Waals surface area (Å²) in [5.74, 6) is 0.936. The van der Waals surface area contributed by atoms with Gasteiger partial charge >= 0.3 is 6.01 Å². The first-order chi connectivity index (χ1) is 16.1. The van der Waals surface area contributed by atoms with Gasteiger partial charge in [0.25, 0.3) is 5.56 Å². The SMILES string of the molecule is CCCn1c(OC2CCCC2)nc2nc(C34CCC(Nc5nccs5)(CC3)CC4)[nH]c2c1=O. The number of hydrogen-bond acceptors (Lipinski definition) is 7. The maximum absolute atomic E-state index is 13.4. The Morgan fingerprint density at radius 1 is 1.18 bits per heavy atom. The van der Waals surface area contributed by atoms with Gasteiger partial charge in [0.2, 0.25) is 0 Å². The van der Waals surface area contributed by atoms with Crippen LogP contribution < -0.4 is 15.6 Å². The van der Waals surface area contributed by atoms with Crippen molar-refractivity contribution in [2.75, 3.05) is 5.32 Å². The molecule has 4 aliphatic rings. The molecule has 0 aliphatic heterocycles. The quantitative estimate of drug-likeness (QED) is 0.519. The van der Waals surface area contributed by atoms with Crippen molar-refractivity contribution in [3.05, 3.63) is 27.8 Å². The molecule has 3 aromatic heterocycles. The third-order valence-electron chi connectivity index (χ3n) is 8.15. The van der Waals surface area contributed by atoms with Gasteiger partial charge in [-0.3, -0.25) is 9.36 Å². The maximum atomic E-state index is 13.4. The van der Waals surface area contributed by atoms with E-state index in [-0.39, 0.29) is 22.6 Å². The van der Waals surface area contributed by atoms with Gasteiger partial charge in [0.15, 0.2) is 16.3 Å². The Bertz CT molecular complexity index is 1170. The minimum absolute atomic E-state index is 0.00150. The number of anilines is 1. The maximum Gasteiger partial charge on any atom is 0.301 e. The third kappa shape index (κ3) is 3.64. The molecule has 4 aliphatic carbocycles. The van der Waals surface area contributed by atoms with Gasteiger partial charge in [0.05, 0.1) is 0 Å². The molecule has 3 aromatic rings. The normalized spacial score (nSPS) is 27.4. The highest BCUT2D eigenvalue weighted by Crippen LogP contribution is 2.54. The van der Waals surface area contributed by atoms with Gasteiger partial charge in [0, 0.05) is 29.1 Å². The average Bonchev–Trinajstić information content (AvgIpc) is 3.60. The fourth-order valence-corrected chi connectivity index (χ4v) is 6.77. The van der Waals surface area contributed by atoms with Gasteiger partial charge in [-0.05, 0) is 70.6 Å². The molecule has 0 aromatic carbocycles. The Labute approximate surface area is 197 Å². The minimum Gasteiger partial charge on any atom is -0.461 e. The number of ether oxygens (including phenoxy) is 1. The van der Waals surface area contributed by atoms with E-state index in [0.717, 1.165) is 68.7 Å². The average molecular weight is 469 g/mol. The lowest BCUT2D eigenvalue weighted by Gasteiger charge is -2.52. The van der Waals surface area contributed by atoms with E-state index in [2.05, 4.69) is 22.2 Å². The van der Waals surface area contributed by atoms with E-state index in [1.807, 2.05) is 11.6 Å². The van der Waals surface area contributed by atoms with Gasteiger partial charge in [-0.2, -0.15) is 4.98 Å². The van der Waals surface area contributed by atoms with E-state index < -0.39 is 0 Å². The highest BCUT2D eigenvalue weighted by atomic mass is 32.1. The molecule has 33 heavy (non-hydrogen) atoms. The van der Waals surface area contributed by atoms with Crippen LogP contribution in [0.2, 0.25) is 0 Å². The second-order valence-corrected chi connectivity index (χ2v) is 11.1. The Hall–Kier alpha value is -2.42. The smallest absolute Gasteiger partial charge is 0.301 e. The van der Waals surface area contributed by atoms with Crippen LogP contribution in [-0.2, 0) is 12.0 Å². The molecule has 0 atom stereocenters. The predicted molar refractivity (Wildman–Crippen MR) is 129 cm³/mol. The van der Waals surface area contributed by atoms with Crippen LogP contribution in [0.1, 0.15) is 83.4 Å². The van der Waals surface area contributed by atoms with Crippen LogP contribution in [-0.4, -0.2) is 36.1 Å². The lowest BCUT2D eigenvalue weighted by molar-refractivity contribution is 0.115. The Morgan fingerprint density at radius 3 is 2.61 bits per heavy atom. The van der Waals surface area contributed by atoms with Crippen LogP contribution in [0.15, 0.2) is 16.4 Å². The number of rotatable bonds is 7. The molecule has 0 spiro atoms. The van der Waals surface area contributed by atoms with E-state index in [0.29, 0.717) is 23.7 Å². The number of thiazole rings is 1. The Kier molecular flexibility index (Phi) is 5.19. The summed E-state index contributed by atoms with van der Waals surface area (Å²) < 4.78 is 7.91. The zero-order chi connectivity index (χ0) is 22.5. The van der Waals surface area contributed by atoms with Crippen LogP contribution in [0.3, 0.4) is 0 Å². The number of hydrogen-bond donors (Lipinski definition) is 2. The van der Waals surface area contributed by atoms with Crippen molar-refractivity contribution in [2.24, 2.45) is 0 Å². The molecule has 2 N–H and O–H groups in total. The number of imidazole rings is 1. The van der Waals surface area contributed by atoms with Crippen molar-refractivity contribution in [3.63, 3.8) is 0 Å². The molecule has 4 fully saturated rings. The summed E-state index contributed by atoms with van der Waals surface area (Å²) in [6.45, 7) is 2.68. The number of aromatic nitrogens is 5. The number of fused-ring (bicyclic) bond motifs is 4. The van der Waals surface area contributed by atoms with Crippen LogP contribution in [0.25, 0.3) is 11.2 Å². The van der Waals surface area contributed by atoms with E-state index in [4.69, 9.17) is 14.7 Å². The van der Waals surface area contributed by atoms with E-state index in [1.165, 1.54) is 12.8 Å². The summed E-state index contributed by atoms with van der Waals surface area (Å²) >= 11 is 1.67. The predicted octanol–water partition coefficient (Wildman–Crippen LogP) is 4.76. The van der Waals surface area contributed by atoms with E-state index in [1.54, 1.807) is 15.9 Å². The van der Waals surface area contributed by atoms with Crippen molar-refractivity contribution in [3.8, 4) is 6.01 Å². The minimum atomic E-state index is -0.0589. The molecule has 0 amide bonds. The molecule has 4 saturated carbocycles. The Balaban J connectivity index is 1.30. The van der Waals surface area contributed by atoms with E-state index >= 15 is 0 Å². The van der Waals surface area contributed by atoms with Gasteiger partial charge in [0.1, 0.15) is 11.9 Å². The van der Waals surface area contributed by atoms with Crippen LogP contribution >= 0.6 is 11.3 Å². The topological polar surface area (TPSA) is 97.7 Å². The first kappa shape index (κ1) is 21.1. The summed E-state index contributed by atoms with van der Waals surface area (Å²) in [7, 11) is 0. The van der Waals surface area contributed by atoms with Crippen molar-refractivity contribution >= 4 is 27.6 Å². The fourth-order valence-electron chi connectivity index (χ4n) is 6.12. The van der Waals surface area contributed by atoms with Crippen LogP contribution in [0, 0.1) is 0 Å². The van der Waals surface area contributed by atoms with Crippen molar-refractivity contribution in [1.82, 2.24) is 24.5 Å². The first-order valence-electron chi connectivity index (χ1n) is 12.5. The molecular formula is C24H32N6O2S. The molecule has 7 rings (SSSR count). The summed E-state index contributed by atoms with van der Waals surface area (Å²) in [6, 6.07) is 0.441. The second-order valence-electron chi connectivity index (χ2n) is 10.2. The second kappa shape index (κ2) is 8.11. The van der Waals surface area contributed by atoms with Gasteiger partial charge in [-0.25, -0.2) is 9.97 Å². The number of H-pyrrole nitrogens is 1. The number of nitrogens with one attached hydrogen (secondary N) is 2. The van der Waals surface area contributed by atoms with Crippen molar-refractivity contribution < 1.29 is 4.74 Å². The highest BCUT2D eigenvalue weighted by molar-refractivity contribution is 7.13. The van der Waals surface area contributed by atoms with Crippen molar-refractivity contribution in [1.29, 1.82) is 0 Å². The van der Waals surface area contributed by atoms with E-state index in [9.17, 15) is 4.79 Å². The lowest BCUT2D eigenvalue weighted by atomic mass is 9.57. The molecular weight excluding hydrogens is 436 g/mol. The summed E-state index contributed by atoms with van der Waals surface area (Å²) in [4.78, 5) is 30.9. The monoisotopic (exact) mass is 468 g/mol. The molecule has 0 saturated heterocycles. The first-order valence-corrected chi connectivity index (χ1v) is 13.3. The zero-order valence-corrected chi connectivity index (χ0v) is 20.0. The zero-order valence-electron chi connectivity index (χ0n) is 19.2. The standard InChI is InChI=1S/C24H32N6O2S/c1-2-14-30-19(31)17-18(28-22(30)32-16-5-3-4-6-16)27-20(26-17)23-7-10-24(11-8-23,12-9-23)29-21-25-13-15-33-21/h13,15-16H,2-12,14H2,1H3,(H,25,29)(H,26,27). The third-order valence-corrected chi connectivity index (χ3v) is 8.84. The summed E-state index contributed by atoms with van der Waals surface area (Å²) in [5.41, 5.74) is 1.11. The molecule has 3 heterocycles.